The van der Waals surface area contributed by atoms with Gasteiger partial charge in [0.1, 0.15) is 5.78 Å². The van der Waals surface area contributed by atoms with Gasteiger partial charge in [-0.3, -0.25) is 9.78 Å². The first-order chi connectivity index (χ1) is 9.69. The summed E-state index contributed by atoms with van der Waals surface area (Å²) in [5.41, 5.74) is 2.13. The van der Waals surface area contributed by atoms with Crippen molar-refractivity contribution in [2.75, 3.05) is 13.1 Å². The third-order valence-electron chi connectivity index (χ3n) is 4.36. The Morgan fingerprint density at radius 2 is 2.35 bits per heavy atom. The maximum Gasteiger partial charge on any atom is 0.139 e. The summed E-state index contributed by atoms with van der Waals surface area (Å²) in [7, 11) is 0. The molecule has 1 aromatic heterocycles. The van der Waals surface area contributed by atoms with Gasteiger partial charge in [-0.1, -0.05) is 19.9 Å². The molecule has 3 heteroatoms. The molecule has 20 heavy (non-hydrogen) atoms. The van der Waals surface area contributed by atoms with Gasteiger partial charge in [0.05, 0.1) is 0 Å². The predicted molar refractivity (Wildman–Crippen MR) is 81.7 cm³/mol. The average molecular weight is 274 g/mol. The molecule has 2 atom stereocenters. The molecule has 0 radical (unpaired) electrons. The number of aromatic nitrogens is 1. The Balaban J connectivity index is 1.81. The zero-order valence-corrected chi connectivity index (χ0v) is 12.7. The van der Waals surface area contributed by atoms with E-state index >= 15 is 0 Å². The second-order valence-electron chi connectivity index (χ2n) is 6.01. The zero-order chi connectivity index (χ0) is 14.4. The van der Waals surface area contributed by atoms with E-state index in [0.717, 1.165) is 25.2 Å². The van der Waals surface area contributed by atoms with Crippen LogP contribution in [0.2, 0.25) is 0 Å². The second kappa shape index (κ2) is 7.53. The highest BCUT2D eigenvalue weighted by atomic mass is 16.1. The molecule has 1 N–H and O–H groups in total. The molecule has 1 aliphatic heterocycles. The molecule has 2 heterocycles. The minimum atomic E-state index is 0.319. The van der Waals surface area contributed by atoms with Crippen molar-refractivity contribution in [3.63, 3.8) is 0 Å². The Kier molecular flexibility index (Phi) is 5.72. The van der Waals surface area contributed by atoms with Crippen LogP contribution in [0.4, 0.5) is 0 Å². The van der Waals surface area contributed by atoms with E-state index in [1.54, 1.807) is 0 Å². The molecule has 1 aliphatic rings. The Morgan fingerprint density at radius 3 is 2.95 bits per heavy atom. The molecule has 110 valence electrons. The lowest BCUT2D eigenvalue weighted by atomic mass is 9.84. The van der Waals surface area contributed by atoms with Crippen molar-refractivity contribution in [2.45, 2.75) is 46.0 Å². The van der Waals surface area contributed by atoms with Crippen LogP contribution in [0.25, 0.3) is 0 Å². The van der Waals surface area contributed by atoms with E-state index in [2.05, 4.69) is 30.2 Å². The van der Waals surface area contributed by atoms with Crippen LogP contribution in [0, 0.1) is 11.8 Å². The number of carbonyl (C=O) groups excluding carboxylic acids is 1. The zero-order valence-electron chi connectivity index (χ0n) is 12.7. The molecule has 0 aliphatic carbocycles. The average Bonchev–Trinajstić information content (AvgIpc) is 2.49. The largest absolute Gasteiger partial charge is 0.316 e. The van der Waals surface area contributed by atoms with Gasteiger partial charge in [0.25, 0.3) is 0 Å². The number of nitrogens with one attached hydrogen (secondary N) is 1. The monoisotopic (exact) mass is 274 g/mol. The van der Waals surface area contributed by atoms with E-state index in [1.807, 2.05) is 12.3 Å². The van der Waals surface area contributed by atoms with E-state index in [4.69, 9.17) is 0 Å². The van der Waals surface area contributed by atoms with Crippen molar-refractivity contribution >= 4 is 5.78 Å². The molecular formula is C17H26N2O. The summed E-state index contributed by atoms with van der Waals surface area (Å²) in [6.07, 6.45) is 6.54. The Hall–Kier alpha value is -1.22. The molecule has 0 spiro atoms. The minimum Gasteiger partial charge on any atom is -0.316 e. The molecule has 2 unspecified atom stereocenters. The fourth-order valence-electron chi connectivity index (χ4n) is 2.93. The lowest BCUT2D eigenvalue weighted by molar-refractivity contribution is -0.119. The topological polar surface area (TPSA) is 42.0 Å². The van der Waals surface area contributed by atoms with Crippen LogP contribution in [0.1, 0.15) is 44.4 Å². The van der Waals surface area contributed by atoms with Gasteiger partial charge in [-0.25, -0.2) is 0 Å². The van der Waals surface area contributed by atoms with Crippen molar-refractivity contribution < 1.29 is 4.79 Å². The molecular weight excluding hydrogens is 248 g/mol. The summed E-state index contributed by atoms with van der Waals surface area (Å²) in [5.74, 6) is 1.45. The van der Waals surface area contributed by atoms with Gasteiger partial charge in [0, 0.05) is 24.7 Å². The van der Waals surface area contributed by atoms with Crippen molar-refractivity contribution in [2.24, 2.45) is 11.8 Å². The van der Waals surface area contributed by atoms with E-state index in [9.17, 15) is 4.79 Å². The number of piperidine rings is 1. The van der Waals surface area contributed by atoms with Crippen LogP contribution in [0.15, 0.2) is 18.3 Å². The number of hydrogen-bond acceptors (Lipinski definition) is 3. The number of ketones is 1. The van der Waals surface area contributed by atoms with Gasteiger partial charge in [0.2, 0.25) is 0 Å². The quantitative estimate of drug-likeness (QED) is 0.867. The third kappa shape index (κ3) is 4.41. The molecule has 0 saturated carbocycles. The lowest BCUT2D eigenvalue weighted by Gasteiger charge is -2.27. The number of nitrogens with zero attached hydrogens (tertiary/aromatic N) is 1. The Labute approximate surface area is 122 Å². The van der Waals surface area contributed by atoms with Crippen LogP contribution in [0.3, 0.4) is 0 Å². The van der Waals surface area contributed by atoms with Crippen molar-refractivity contribution in [3.05, 3.63) is 29.6 Å². The summed E-state index contributed by atoms with van der Waals surface area (Å²) in [5, 5.41) is 3.43. The smallest absolute Gasteiger partial charge is 0.139 e. The van der Waals surface area contributed by atoms with Crippen LogP contribution < -0.4 is 5.32 Å². The highest BCUT2D eigenvalue weighted by molar-refractivity contribution is 5.80. The van der Waals surface area contributed by atoms with Gasteiger partial charge in [-0.15, -0.1) is 0 Å². The first-order valence-electron chi connectivity index (χ1n) is 7.85. The van der Waals surface area contributed by atoms with Crippen molar-refractivity contribution in [1.82, 2.24) is 10.3 Å². The normalized spacial score (nSPS) is 20.6. The molecule has 0 amide bonds. The van der Waals surface area contributed by atoms with E-state index in [0.29, 0.717) is 30.5 Å². The minimum absolute atomic E-state index is 0.319. The number of Topliss-reactive ketones (excluding diaryl/α,β-unsaturated/α-hetero) is 1. The Bertz CT molecular complexity index is 421. The Morgan fingerprint density at radius 1 is 1.50 bits per heavy atom. The SMILES string of the molecule is CCc1ccc(CC(=O)CC(C)C2CCCNC2)nc1. The van der Waals surface area contributed by atoms with Crippen molar-refractivity contribution in [3.8, 4) is 0 Å². The molecule has 2 rings (SSSR count). The molecule has 1 aromatic rings. The first kappa shape index (κ1) is 15.2. The molecule has 0 bridgehead atoms. The highest BCUT2D eigenvalue weighted by Crippen LogP contribution is 2.23. The summed E-state index contributed by atoms with van der Waals surface area (Å²) in [6, 6.07) is 4.06. The summed E-state index contributed by atoms with van der Waals surface area (Å²) in [6.45, 7) is 6.52. The van der Waals surface area contributed by atoms with Crippen LogP contribution in [0.5, 0.6) is 0 Å². The summed E-state index contributed by atoms with van der Waals surface area (Å²) >= 11 is 0. The number of rotatable bonds is 6. The van der Waals surface area contributed by atoms with Gasteiger partial charge in [-0.05, 0) is 55.8 Å². The highest BCUT2D eigenvalue weighted by Gasteiger charge is 2.22. The van der Waals surface area contributed by atoms with Gasteiger partial charge in [0.15, 0.2) is 0 Å². The number of aryl methyl sites for hydroxylation is 1. The first-order valence-corrected chi connectivity index (χ1v) is 7.85. The summed E-state index contributed by atoms with van der Waals surface area (Å²) < 4.78 is 0. The van der Waals surface area contributed by atoms with Gasteiger partial charge in [-0.2, -0.15) is 0 Å². The van der Waals surface area contributed by atoms with Gasteiger partial charge >= 0.3 is 0 Å². The number of carbonyl (C=O) groups is 1. The lowest BCUT2D eigenvalue weighted by Crippen LogP contribution is -2.34. The maximum atomic E-state index is 12.2. The maximum absolute atomic E-state index is 12.2. The number of hydrogen-bond donors (Lipinski definition) is 1. The second-order valence-corrected chi connectivity index (χ2v) is 6.01. The fourth-order valence-corrected chi connectivity index (χ4v) is 2.93. The molecule has 0 aromatic carbocycles. The number of pyridine rings is 1. The van der Waals surface area contributed by atoms with Crippen LogP contribution >= 0.6 is 0 Å². The molecule has 1 saturated heterocycles. The standard InChI is InChI=1S/C17H26N2O/c1-3-14-6-7-16(19-11-14)10-17(20)9-13(2)15-5-4-8-18-12-15/h6-7,11,13,15,18H,3-5,8-10,12H2,1-2H3. The third-order valence-corrected chi connectivity index (χ3v) is 4.36. The van der Waals surface area contributed by atoms with E-state index < -0.39 is 0 Å². The van der Waals surface area contributed by atoms with E-state index in [1.165, 1.54) is 18.4 Å². The summed E-state index contributed by atoms with van der Waals surface area (Å²) in [4.78, 5) is 16.5. The van der Waals surface area contributed by atoms with Gasteiger partial charge < -0.3 is 5.32 Å². The predicted octanol–water partition coefficient (Wildman–Crippen LogP) is 2.78. The molecule has 3 nitrogen and oxygen atoms in total. The fraction of sp³-hybridized carbons (Fsp3) is 0.647. The van der Waals surface area contributed by atoms with Crippen molar-refractivity contribution in [1.29, 1.82) is 0 Å². The van der Waals surface area contributed by atoms with Crippen LogP contribution in [-0.2, 0) is 17.6 Å². The van der Waals surface area contributed by atoms with Crippen LogP contribution in [-0.4, -0.2) is 23.9 Å². The molecule has 1 fully saturated rings. The van der Waals surface area contributed by atoms with E-state index in [-0.39, 0.29) is 0 Å².